The molecule has 4 radical (unpaired) electrons. The van der Waals surface area contributed by atoms with Crippen LogP contribution in [-0.2, 0) is 4.79 Å². The third-order valence-electron chi connectivity index (χ3n) is 2.00. The van der Waals surface area contributed by atoms with Crippen molar-refractivity contribution in [2.45, 2.75) is 0 Å². The molecular weight excluding hydrogens is 377 g/mol. The van der Waals surface area contributed by atoms with E-state index in [0.717, 1.165) is 0 Å². The predicted molar refractivity (Wildman–Crippen MR) is 94.1 cm³/mol. The first-order chi connectivity index (χ1) is 10.4. The van der Waals surface area contributed by atoms with E-state index in [0.29, 0.717) is 6.08 Å². The fourth-order valence-corrected chi connectivity index (χ4v) is 1.15. The van der Waals surface area contributed by atoms with E-state index in [4.69, 9.17) is 10.2 Å². The third-order valence-corrected chi connectivity index (χ3v) is 2.00. The Labute approximate surface area is 149 Å². The first-order valence-electron chi connectivity index (χ1n) is 6.43. The van der Waals surface area contributed by atoms with Gasteiger partial charge in [-0.25, -0.2) is 0 Å². The zero-order valence-electron chi connectivity index (χ0n) is 12.2. The summed E-state index contributed by atoms with van der Waals surface area (Å²) in [7, 11) is 0. The third kappa shape index (κ3) is 20.2. The van der Waals surface area contributed by atoms with Crippen molar-refractivity contribution in [1.82, 2.24) is 0 Å². The number of hydrogen-bond donors (Lipinski definition) is 0. The molecule has 0 heterocycles. The van der Waals surface area contributed by atoms with Gasteiger partial charge >= 0.3 is 0 Å². The monoisotopic (exact) mass is 396 g/mol. The molecule has 0 atom stereocenters. The molecule has 0 unspecified atom stereocenters. The van der Waals surface area contributed by atoms with Crippen molar-refractivity contribution in [3.63, 3.8) is 0 Å². The number of rotatable bonds is 0. The summed E-state index contributed by atoms with van der Waals surface area (Å²) in [5, 5.41) is 6.76. The van der Waals surface area contributed by atoms with Crippen LogP contribution in [0.2, 0.25) is 0 Å². The number of nitrogens with zero attached hydrogens (tertiary/aromatic N) is 1. The van der Waals surface area contributed by atoms with Gasteiger partial charge in [0.1, 0.15) is 0 Å². The first-order valence-corrected chi connectivity index (χ1v) is 6.43. The van der Waals surface area contributed by atoms with Gasteiger partial charge < -0.3 is 5.41 Å². The van der Waals surface area contributed by atoms with Crippen LogP contribution in [-0.4, -0.2) is 30.0 Å². The molecule has 0 bridgehead atoms. The van der Waals surface area contributed by atoms with Crippen LogP contribution in [0, 0.1) is 0 Å². The van der Waals surface area contributed by atoms with Gasteiger partial charge in [-0.15, -0.1) is 0 Å². The SMILES string of the molecule is [N-]=C=O.[Sn].c1ccccc1.c1ccccc1.c1ccccc1. The molecule has 22 heavy (non-hydrogen) atoms. The summed E-state index contributed by atoms with van der Waals surface area (Å²) in [6, 6.07) is 36.0. The van der Waals surface area contributed by atoms with Crippen molar-refractivity contribution in [3.8, 4) is 0 Å². The number of benzene rings is 3. The zero-order chi connectivity index (χ0) is 15.4. The zero-order valence-corrected chi connectivity index (χ0v) is 15.1. The van der Waals surface area contributed by atoms with Crippen molar-refractivity contribution in [2.24, 2.45) is 0 Å². The van der Waals surface area contributed by atoms with Crippen LogP contribution in [0.4, 0.5) is 0 Å². The largest absolute Gasteiger partial charge is 0.724 e. The summed E-state index contributed by atoms with van der Waals surface area (Å²) in [6.07, 6.45) is 0.500. The van der Waals surface area contributed by atoms with Crippen LogP contribution in [0.25, 0.3) is 5.41 Å². The minimum absolute atomic E-state index is 0. The fourth-order valence-electron chi connectivity index (χ4n) is 1.15. The van der Waals surface area contributed by atoms with Crippen molar-refractivity contribution in [1.29, 1.82) is 0 Å². The maximum atomic E-state index is 8.24. The van der Waals surface area contributed by atoms with Crippen molar-refractivity contribution >= 4 is 30.0 Å². The van der Waals surface area contributed by atoms with Crippen LogP contribution in [0.3, 0.4) is 0 Å². The number of hydrogen-bond acceptors (Lipinski definition) is 1. The fraction of sp³-hybridized carbons (Fsp3) is 0. The summed E-state index contributed by atoms with van der Waals surface area (Å²) >= 11 is 0. The standard InChI is InChI=1S/3C6H6.CNO.Sn/c3*1-2-4-6-5-3-1;2-1-3;/h3*1-6H;;/q;;;-1;. The van der Waals surface area contributed by atoms with Crippen LogP contribution in [0.5, 0.6) is 0 Å². The predicted octanol–water partition coefficient (Wildman–Crippen LogP) is 4.57. The molecule has 0 saturated heterocycles. The topological polar surface area (TPSA) is 39.4 Å². The Balaban J connectivity index is 0. The average molecular weight is 395 g/mol. The van der Waals surface area contributed by atoms with Crippen LogP contribution >= 0.6 is 0 Å². The first kappa shape index (κ1) is 22.1. The van der Waals surface area contributed by atoms with Crippen LogP contribution in [0.1, 0.15) is 0 Å². The summed E-state index contributed by atoms with van der Waals surface area (Å²) in [4.78, 5) is 8.24. The summed E-state index contributed by atoms with van der Waals surface area (Å²) < 4.78 is 0. The molecule has 0 N–H and O–H groups in total. The molecule has 3 aromatic carbocycles. The minimum Gasteiger partial charge on any atom is -0.724 e. The van der Waals surface area contributed by atoms with Gasteiger partial charge in [-0.3, -0.25) is 4.79 Å². The second-order valence-electron chi connectivity index (χ2n) is 3.56. The summed E-state index contributed by atoms with van der Waals surface area (Å²) in [5.74, 6) is 0. The van der Waals surface area contributed by atoms with Gasteiger partial charge in [-0.1, -0.05) is 109 Å². The van der Waals surface area contributed by atoms with E-state index in [1.165, 1.54) is 0 Å². The Morgan fingerprint density at radius 2 is 0.455 bits per heavy atom. The smallest absolute Gasteiger partial charge is 0 e. The number of isocyanates is 1. The molecule has 0 aliphatic heterocycles. The summed E-state index contributed by atoms with van der Waals surface area (Å²) in [5.41, 5.74) is 0. The molecule has 0 aromatic heterocycles. The van der Waals surface area contributed by atoms with Gasteiger partial charge in [-0.05, 0) is 6.08 Å². The van der Waals surface area contributed by atoms with E-state index in [9.17, 15) is 0 Å². The maximum Gasteiger partial charge on any atom is 0 e. The Bertz CT molecular complexity index is 383. The molecule has 2 nitrogen and oxygen atoms in total. The van der Waals surface area contributed by atoms with Gasteiger partial charge in [0.05, 0.1) is 0 Å². The molecule has 0 fully saturated rings. The summed E-state index contributed by atoms with van der Waals surface area (Å²) in [6.45, 7) is 0. The van der Waals surface area contributed by atoms with Crippen LogP contribution < -0.4 is 0 Å². The quantitative estimate of drug-likeness (QED) is 0.312. The Hall–Kier alpha value is -2.16. The van der Waals surface area contributed by atoms with E-state index in [1.807, 2.05) is 109 Å². The molecule has 0 aliphatic carbocycles. The molecule has 110 valence electrons. The van der Waals surface area contributed by atoms with Gasteiger partial charge in [0.25, 0.3) is 0 Å². The van der Waals surface area contributed by atoms with Crippen molar-refractivity contribution in [3.05, 3.63) is 115 Å². The molecule has 3 heteroatoms. The normalized spacial score (nSPS) is 6.91. The molecular formula is C19H18NOSn-. The van der Waals surface area contributed by atoms with E-state index in [1.54, 1.807) is 0 Å². The molecule has 0 aliphatic rings. The Morgan fingerprint density at radius 3 is 0.500 bits per heavy atom. The molecule has 0 saturated carbocycles. The molecule has 0 spiro atoms. The molecule has 0 amide bonds. The van der Waals surface area contributed by atoms with E-state index in [-0.39, 0.29) is 23.9 Å². The van der Waals surface area contributed by atoms with Gasteiger partial charge in [0.15, 0.2) is 0 Å². The number of carbonyl (C=O) groups excluding carboxylic acids is 1. The van der Waals surface area contributed by atoms with E-state index >= 15 is 0 Å². The van der Waals surface area contributed by atoms with Crippen molar-refractivity contribution < 1.29 is 4.79 Å². The van der Waals surface area contributed by atoms with Crippen LogP contribution in [0.15, 0.2) is 109 Å². The second kappa shape index (κ2) is 21.1. The van der Waals surface area contributed by atoms with Gasteiger partial charge in [-0.2, -0.15) is 0 Å². The molecule has 3 rings (SSSR count). The van der Waals surface area contributed by atoms with Crippen molar-refractivity contribution in [2.75, 3.05) is 0 Å². The van der Waals surface area contributed by atoms with Gasteiger partial charge in [0, 0.05) is 23.9 Å². The van der Waals surface area contributed by atoms with Gasteiger partial charge in [0.2, 0.25) is 0 Å². The van der Waals surface area contributed by atoms with E-state index < -0.39 is 0 Å². The maximum absolute atomic E-state index is 8.24. The Kier molecular flexibility index (Phi) is 21.3. The van der Waals surface area contributed by atoms with E-state index in [2.05, 4.69) is 0 Å². The minimum atomic E-state index is 0. The molecule has 3 aromatic rings. The second-order valence-corrected chi connectivity index (χ2v) is 3.56. The average Bonchev–Trinajstić information content (AvgIpc) is 2.61. The Morgan fingerprint density at radius 1 is 0.409 bits per heavy atom.